The minimum atomic E-state index is -4.44. The Morgan fingerprint density at radius 3 is 2.70 bits per heavy atom. The van der Waals surface area contributed by atoms with Gasteiger partial charge in [0.25, 0.3) is 0 Å². The molecule has 0 spiro atoms. The normalized spacial score (nSPS) is 13.1. The summed E-state index contributed by atoms with van der Waals surface area (Å²) in [5, 5.41) is 11.5. The molecule has 1 aromatic rings. The first kappa shape index (κ1) is 16.0. The molecule has 1 aromatic heterocycles. The summed E-state index contributed by atoms with van der Waals surface area (Å²) >= 11 is 0. The number of nitrogens with one attached hydrogen (secondary N) is 1. The highest BCUT2D eigenvalue weighted by molar-refractivity contribution is 5.85. The summed E-state index contributed by atoms with van der Waals surface area (Å²) in [4.78, 5) is 15.5. The standard InChI is InChI=1S/C12H15F3N4O/c1-8(2)6-18-11(20)9(5-16)10-17-3-4-19(10)7-12(13,14)15/h3-4,8-9H,6-7H2,1-2H3,(H,18,20). The van der Waals surface area contributed by atoms with Crippen molar-refractivity contribution in [2.45, 2.75) is 32.5 Å². The smallest absolute Gasteiger partial charge is 0.354 e. The van der Waals surface area contributed by atoms with Crippen LogP contribution in [-0.2, 0) is 11.3 Å². The highest BCUT2D eigenvalue weighted by Gasteiger charge is 2.32. The van der Waals surface area contributed by atoms with E-state index in [-0.39, 0.29) is 11.7 Å². The van der Waals surface area contributed by atoms with Gasteiger partial charge in [-0.2, -0.15) is 18.4 Å². The van der Waals surface area contributed by atoms with Crippen molar-refractivity contribution in [1.29, 1.82) is 5.26 Å². The van der Waals surface area contributed by atoms with Gasteiger partial charge >= 0.3 is 6.18 Å². The highest BCUT2D eigenvalue weighted by atomic mass is 19.4. The van der Waals surface area contributed by atoms with Crippen LogP contribution in [0.4, 0.5) is 13.2 Å². The summed E-state index contributed by atoms with van der Waals surface area (Å²) in [5.41, 5.74) is 0. The minimum Gasteiger partial charge on any atom is -0.354 e. The third kappa shape index (κ3) is 4.57. The van der Waals surface area contributed by atoms with E-state index in [1.807, 2.05) is 13.8 Å². The summed E-state index contributed by atoms with van der Waals surface area (Å²) in [5.74, 6) is -2.03. The first-order valence-corrected chi connectivity index (χ1v) is 5.99. The van der Waals surface area contributed by atoms with Crippen LogP contribution >= 0.6 is 0 Å². The lowest BCUT2D eigenvalue weighted by Gasteiger charge is -2.14. The maximum Gasteiger partial charge on any atom is 0.406 e. The summed E-state index contributed by atoms with van der Waals surface area (Å²) in [6.45, 7) is 2.80. The lowest BCUT2D eigenvalue weighted by atomic mass is 10.1. The van der Waals surface area contributed by atoms with Crippen LogP contribution in [0, 0.1) is 17.2 Å². The van der Waals surface area contributed by atoms with Crippen LogP contribution in [0.3, 0.4) is 0 Å². The molecule has 0 saturated carbocycles. The van der Waals surface area contributed by atoms with E-state index in [1.165, 1.54) is 0 Å². The Balaban J connectivity index is 2.89. The van der Waals surface area contributed by atoms with E-state index in [9.17, 15) is 18.0 Å². The van der Waals surface area contributed by atoms with Gasteiger partial charge in [0.05, 0.1) is 6.07 Å². The van der Waals surface area contributed by atoms with E-state index in [0.29, 0.717) is 6.54 Å². The van der Waals surface area contributed by atoms with Crippen molar-refractivity contribution >= 4 is 5.91 Å². The second kappa shape index (κ2) is 6.41. The molecule has 110 valence electrons. The molecule has 0 fully saturated rings. The van der Waals surface area contributed by atoms with Crippen LogP contribution in [-0.4, -0.2) is 28.2 Å². The molecule has 0 aromatic carbocycles. The van der Waals surface area contributed by atoms with Gasteiger partial charge in [0, 0.05) is 18.9 Å². The zero-order valence-electron chi connectivity index (χ0n) is 11.1. The van der Waals surface area contributed by atoms with Crippen molar-refractivity contribution in [3.05, 3.63) is 18.2 Å². The maximum atomic E-state index is 12.4. The summed E-state index contributed by atoms with van der Waals surface area (Å²) in [6.07, 6.45) is -2.20. The molecule has 8 heteroatoms. The number of imidazole rings is 1. The van der Waals surface area contributed by atoms with E-state index in [0.717, 1.165) is 17.0 Å². The fourth-order valence-electron chi connectivity index (χ4n) is 1.55. The molecule has 20 heavy (non-hydrogen) atoms. The van der Waals surface area contributed by atoms with Crippen molar-refractivity contribution < 1.29 is 18.0 Å². The van der Waals surface area contributed by atoms with Gasteiger partial charge in [-0.05, 0) is 5.92 Å². The number of alkyl halides is 3. The number of nitriles is 1. The van der Waals surface area contributed by atoms with Crippen molar-refractivity contribution in [2.24, 2.45) is 5.92 Å². The predicted molar refractivity (Wildman–Crippen MR) is 64.5 cm³/mol. The molecule has 1 unspecified atom stereocenters. The molecule has 1 rings (SSSR count). The third-order valence-electron chi connectivity index (χ3n) is 2.43. The zero-order chi connectivity index (χ0) is 15.3. The number of carbonyl (C=O) groups is 1. The van der Waals surface area contributed by atoms with Crippen LogP contribution in [0.25, 0.3) is 0 Å². The number of aromatic nitrogens is 2. The second-order valence-corrected chi connectivity index (χ2v) is 4.73. The molecule has 1 atom stereocenters. The van der Waals surface area contributed by atoms with Crippen LogP contribution in [0.2, 0.25) is 0 Å². The Labute approximate surface area is 114 Å². The van der Waals surface area contributed by atoms with Gasteiger partial charge in [-0.25, -0.2) is 4.98 Å². The van der Waals surface area contributed by atoms with E-state index >= 15 is 0 Å². The molecule has 0 aliphatic heterocycles. The third-order valence-corrected chi connectivity index (χ3v) is 2.43. The Morgan fingerprint density at radius 1 is 1.55 bits per heavy atom. The molecule has 0 bridgehead atoms. The minimum absolute atomic E-state index is 0.174. The Kier molecular flexibility index (Phi) is 5.13. The van der Waals surface area contributed by atoms with E-state index in [2.05, 4.69) is 10.3 Å². The van der Waals surface area contributed by atoms with Gasteiger partial charge in [-0.15, -0.1) is 0 Å². The number of rotatable bonds is 5. The number of halogens is 3. The first-order chi connectivity index (χ1) is 9.24. The van der Waals surface area contributed by atoms with Crippen molar-refractivity contribution in [1.82, 2.24) is 14.9 Å². The van der Waals surface area contributed by atoms with Gasteiger partial charge in [-0.3, -0.25) is 4.79 Å². The highest BCUT2D eigenvalue weighted by Crippen LogP contribution is 2.21. The molecule has 5 nitrogen and oxygen atoms in total. The van der Waals surface area contributed by atoms with Gasteiger partial charge in [-0.1, -0.05) is 13.8 Å². The molecule has 0 aliphatic carbocycles. The number of hydrogen-bond donors (Lipinski definition) is 1. The monoisotopic (exact) mass is 288 g/mol. The fraction of sp³-hybridized carbons (Fsp3) is 0.583. The zero-order valence-corrected chi connectivity index (χ0v) is 11.1. The number of amides is 1. The van der Waals surface area contributed by atoms with Crippen LogP contribution in [0.15, 0.2) is 12.4 Å². The number of carbonyl (C=O) groups excluding carboxylic acids is 1. The quantitative estimate of drug-likeness (QED) is 0.898. The number of hydrogen-bond acceptors (Lipinski definition) is 3. The van der Waals surface area contributed by atoms with Crippen LogP contribution in [0.1, 0.15) is 25.6 Å². The van der Waals surface area contributed by atoms with Crippen LogP contribution in [0.5, 0.6) is 0 Å². The van der Waals surface area contributed by atoms with E-state index in [4.69, 9.17) is 5.26 Å². The van der Waals surface area contributed by atoms with E-state index < -0.39 is 24.5 Å². The van der Waals surface area contributed by atoms with Gasteiger partial charge < -0.3 is 9.88 Å². The SMILES string of the molecule is CC(C)CNC(=O)C(C#N)c1nccn1CC(F)(F)F. The Hall–Kier alpha value is -2.04. The summed E-state index contributed by atoms with van der Waals surface area (Å²) in [6, 6.07) is 1.69. The predicted octanol–water partition coefficient (Wildman–Crippen LogP) is 1.82. The first-order valence-electron chi connectivity index (χ1n) is 5.99. The van der Waals surface area contributed by atoms with E-state index in [1.54, 1.807) is 6.07 Å². The molecule has 0 saturated heterocycles. The van der Waals surface area contributed by atoms with Crippen molar-refractivity contribution in [3.8, 4) is 6.07 Å². The van der Waals surface area contributed by atoms with Gasteiger partial charge in [0.15, 0.2) is 5.92 Å². The summed E-state index contributed by atoms with van der Waals surface area (Å²) < 4.78 is 37.9. The lowest BCUT2D eigenvalue weighted by molar-refractivity contribution is -0.141. The molecule has 0 radical (unpaired) electrons. The maximum absolute atomic E-state index is 12.4. The lowest BCUT2D eigenvalue weighted by Crippen LogP contribution is -2.33. The number of nitrogens with zero attached hydrogens (tertiary/aromatic N) is 3. The molecule has 1 amide bonds. The molecule has 1 N–H and O–H groups in total. The second-order valence-electron chi connectivity index (χ2n) is 4.73. The van der Waals surface area contributed by atoms with Gasteiger partial charge in [0.1, 0.15) is 12.4 Å². The molecule has 0 aliphatic rings. The van der Waals surface area contributed by atoms with Crippen LogP contribution < -0.4 is 5.32 Å². The van der Waals surface area contributed by atoms with Crippen molar-refractivity contribution in [3.63, 3.8) is 0 Å². The average Bonchev–Trinajstić information content (AvgIpc) is 2.73. The Bertz CT molecular complexity index is 502. The van der Waals surface area contributed by atoms with Crippen molar-refractivity contribution in [2.75, 3.05) is 6.54 Å². The molecular weight excluding hydrogens is 273 g/mol. The molecular formula is C12H15F3N4O. The Morgan fingerprint density at radius 2 is 2.20 bits per heavy atom. The van der Waals surface area contributed by atoms with Gasteiger partial charge in [0.2, 0.25) is 5.91 Å². The summed E-state index contributed by atoms with van der Waals surface area (Å²) in [7, 11) is 0. The average molecular weight is 288 g/mol. The molecule has 1 heterocycles. The fourth-order valence-corrected chi connectivity index (χ4v) is 1.55. The largest absolute Gasteiger partial charge is 0.406 e. The topological polar surface area (TPSA) is 70.7 Å².